The molecule has 1 heterocycles. The van der Waals surface area contributed by atoms with Crippen molar-refractivity contribution in [1.82, 2.24) is 9.78 Å². The smallest absolute Gasteiger partial charge is 0.343 e. The number of esters is 1. The molecule has 0 amide bonds. The molecule has 0 aliphatic heterocycles. The van der Waals surface area contributed by atoms with Crippen LogP contribution >= 0.6 is 0 Å². The summed E-state index contributed by atoms with van der Waals surface area (Å²) >= 11 is 0. The van der Waals surface area contributed by atoms with Gasteiger partial charge in [-0.3, -0.25) is 4.79 Å². The molecular weight excluding hydrogens is 270 g/mol. The van der Waals surface area contributed by atoms with Crippen molar-refractivity contribution in [2.45, 2.75) is 52.5 Å². The number of ketones is 1. The van der Waals surface area contributed by atoms with Crippen LogP contribution in [0.15, 0.2) is 6.20 Å². The zero-order valence-electron chi connectivity index (χ0n) is 12.9. The highest BCUT2D eigenvalue weighted by Gasteiger charge is 2.36. The number of hydrogen-bond acceptors (Lipinski definition) is 5. The van der Waals surface area contributed by atoms with E-state index < -0.39 is 5.97 Å². The zero-order chi connectivity index (χ0) is 15.6. The van der Waals surface area contributed by atoms with Crippen LogP contribution in [0.25, 0.3) is 0 Å². The van der Waals surface area contributed by atoms with Gasteiger partial charge >= 0.3 is 5.97 Å². The lowest BCUT2D eigenvalue weighted by molar-refractivity contribution is -0.127. The average molecular weight is 293 g/mol. The highest BCUT2D eigenvalue weighted by Crippen LogP contribution is 2.41. The Bertz CT molecular complexity index is 542. The van der Waals surface area contributed by atoms with Crippen LogP contribution in [0.5, 0.6) is 0 Å². The molecule has 0 atom stereocenters. The first-order valence-corrected chi connectivity index (χ1v) is 7.40. The lowest BCUT2D eigenvalue weighted by atomic mass is 9.71. The summed E-state index contributed by atoms with van der Waals surface area (Å²) in [6.45, 7) is 5.73. The minimum absolute atomic E-state index is 0.139. The third-order valence-corrected chi connectivity index (χ3v) is 4.58. The molecule has 0 saturated heterocycles. The fourth-order valence-electron chi connectivity index (χ4n) is 2.87. The SMILES string of the molecule is CCOC(=O)c1cnn([C@H]2CC[C@](C)(C(C)=O)CC2)c1N. The molecule has 1 aromatic rings. The van der Waals surface area contributed by atoms with Crippen LogP contribution in [0.2, 0.25) is 0 Å². The van der Waals surface area contributed by atoms with Gasteiger partial charge in [-0.1, -0.05) is 6.92 Å². The van der Waals surface area contributed by atoms with Gasteiger partial charge in [-0.2, -0.15) is 5.10 Å². The van der Waals surface area contributed by atoms with E-state index >= 15 is 0 Å². The summed E-state index contributed by atoms with van der Waals surface area (Å²) in [5.41, 5.74) is 6.11. The topological polar surface area (TPSA) is 87.2 Å². The van der Waals surface area contributed by atoms with Gasteiger partial charge in [0.2, 0.25) is 0 Å². The molecule has 1 fully saturated rings. The first kappa shape index (κ1) is 15.5. The molecule has 0 radical (unpaired) electrons. The number of ether oxygens (including phenoxy) is 1. The number of anilines is 1. The van der Waals surface area contributed by atoms with Gasteiger partial charge in [0.25, 0.3) is 0 Å². The summed E-state index contributed by atoms with van der Waals surface area (Å²) in [6.07, 6.45) is 4.78. The second-order valence-corrected chi connectivity index (χ2v) is 5.96. The number of nitrogens with zero attached hydrogens (tertiary/aromatic N) is 2. The fraction of sp³-hybridized carbons (Fsp3) is 0.667. The number of nitrogens with two attached hydrogens (primary N) is 1. The van der Waals surface area contributed by atoms with E-state index in [9.17, 15) is 9.59 Å². The molecule has 116 valence electrons. The van der Waals surface area contributed by atoms with E-state index in [4.69, 9.17) is 10.5 Å². The van der Waals surface area contributed by atoms with E-state index in [0.29, 0.717) is 18.0 Å². The normalized spacial score (nSPS) is 25.6. The first-order chi connectivity index (χ1) is 9.89. The molecule has 1 saturated carbocycles. The fourth-order valence-corrected chi connectivity index (χ4v) is 2.87. The van der Waals surface area contributed by atoms with Gasteiger partial charge in [0.05, 0.1) is 18.8 Å². The van der Waals surface area contributed by atoms with E-state index in [2.05, 4.69) is 5.10 Å². The summed E-state index contributed by atoms with van der Waals surface area (Å²) in [4.78, 5) is 23.4. The van der Waals surface area contributed by atoms with Crippen molar-refractivity contribution in [2.75, 3.05) is 12.3 Å². The van der Waals surface area contributed by atoms with Crippen molar-refractivity contribution in [2.24, 2.45) is 5.41 Å². The molecule has 2 N–H and O–H groups in total. The molecular formula is C15H23N3O3. The lowest BCUT2D eigenvalue weighted by Gasteiger charge is -2.35. The van der Waals surface area contributed by atoms with Gasteiger partial charge in [0, 0.05) is 5.41 Å². The summed E-state index contributed by atoms with van der Waals surface area (Å²) in [6, 6.07) is 0.139. The van der Waals surface area contributed by atoms with E-state index in [1.165, 1.54) is 6.20 Å². The van der Waals surface area contributed by atoms with Crippen molar-refractivity contribution in [3.05, 3.63) is 11.8 Å². The van der Waals surface area contributed by atoms with Gasteiger partial charge in [-0.05, 0) is 39.5 Å². The maximum atomic E-state index is 11.8. The molecule has 0 unspecified atom stereocenters. The number of carbonyl (C=O) groups is 2. The Balaban J connectivity index is 2.11. The molecule has 0 spiro atoms. The Hall–Kier alpha value is -1.85. The van der Waals surface area contributed by atoms with Crippen molar-refractivity contribution in [3.63, 3.8) is 0 Å². The predicted molar refractivity (Wildman–Crippen MR) is 78.9 cm³/mol. The third-order valence-electron chi connectivity index (χ3n) is 4.58. The summed E-state index contributed by atoms with van der Waals surface area (Å²) < 4.78 is 6.66. The number of nitrogen functional groups attached to an aromatic ring is 1. The quantitative estimate of drug-likeness (QED) is 0.861. The number of carbonyl (C=O) groups excluding carboxylic acids is 2. The summed E-state index contributed by atoms with van der Waals surface area (Å²) in [5.74, 6) is 0.150. The average Bonchev–Trinajstić information content (AvgIpc) is 2.82. The van der Waals surface area contributed by atoms with E-state index in [1.807, 2.05) is 6.92 Å². The van der Waals surface area contributed by atoms with Crippen LogP contribution in [0, 0.1) is 5.41 Å². The monoisotopic (exact) mass is 293 g/mol. The number of Topliss-reactive ketones (excluding diaryl/α,β-unsaturated/α-hetero) is 1. The Morgan fingerprint density at radius 1 is 1.48 bits per heavy atom. The van der Waals surface area contributed by atoms with Crippen molar-refractivity contribution in [3.8, 4) is 0 Å². The van der Waals surface area contributed by atoms with Crippen LogP contribution < -0.4 is 5.73 Å². The molecule has 0 bridgehead atoms. The van der Waals surface area contributed by atoms with Crippen LogP contribution in [0.3, 0.4) is 0 Å². The van der Waals surface area contributed by atoms with Crippen molar-refractivity contribution >= 4 is 17.6 Å². The van der Waals surface area contributed by atoms with Gasteiger partial charge in [0.1, 0.15) is 17.2 Å². The molecule has 1 aliphatic rings. The number of hydrogen-bond donors (Lipinski definition) is 1. The largest absolute Gasteiger partial charge is 0.462 e. The molecule has 6 heteroatoms. The Labute approximate surface area is 124 Å². The van der Waals surface area contributed by atoms with Crippen LogP contribution in [-0.4, -0.2) is 28.1 Å². The highest BCUT2D eigenvalue weighted by molar-refractivity contribution is 5.94. The van der Waals surface area contributed by atoms with Crippen molar-refractivity contribution in [1.29, 1.82) is 0 Å². The summed E-state index contributed by atoms with van der Waals surface area (Å²) in [5, 5.41) is 4.24. The van der Waals surface area contributed by atoms with Crippen LogP contribution in [0.4, 0.5) is 5.82 Å². The van der Waals surface area contributed by atoms with Crippen molar-refractivity contribution < 1.29 is 14.3 Å². The van der Waals surface area contributed by atoms with Gasteiger partial charge in [0.15, 0.2) is 0 Å². The number of rotatable bonds is 4. The van der Waals surface area contributed by atoms with Crippen LogP contribution in [0.1, 0.15) is 62.9 Å². The molecule has 21 heavy (non-hydrogen) atoms. The van der Waals surface area contributed by atoms with Gasteiger partial charge < -0.3 is 10.5 Å². The third kappa shape index (κ3) is 2.94. The highest BCUT2D eigenvalue weighted by atomic mass is 16.5. The maximum absolute atomic E-state index is 11.8. The first-order valence-electron chi connectivity index (χ1n) is 7.40. The summed E-state index contributed by atoms with van der Waals surface area (Å²) in [7, 11) is 0. The standard InChI is InChI=1S/C15H23N3O3/c1-4-21-14(20)12-9-17-18(13(12)16)11-5-7-15(3,8-6-11)10(2)19/h9,11H,4-8,16H2,1-3H3/t11-,15-. The van der Waals surface area contributed by atoms with Crippen LogP contribution in [-0.2, 0) is 9.53 Å². The molecule has 1 aliphatic carbocycles. The lowest BCUT2D eigenvalue weighted by Crippen LogP contribution is -2.32. The number of aromatic nitrogens is 2. The van der Waals surface area contributed by atoms with E-state index in [0.717, 1.165) is 25.7 Å². The minimum atomic E-state index is -0.439. The second kappa shape index (κ2) is 5.87. The zero-order valence-corrected chi connectivity index (χ0v) is 12.9. The molecule has 2 rings (SSSR count). The Kier molecular flexibility index (Phi) is 4.34. The predicted octanol–water partition coefficient (Wildman–Crippen LogP) is 2.35. The molecule has 6 nitrogen and oxygen atoms in total. The molecule has 1 aromatic heterocycles. The Morgan fingerprint density at radius 2 is 2.10 bits per heavy atom. The van der Waals surface area contributed by atoms with Gasteiger partial charge in [-0.25, -0.2) is 9.48 Å². The van der Waals surface area contributed by atoms with Gasteiger partial charge in [-0.15, -0.1) is 0 Å². The minimum Gasteiger partial charge on any atom is -0.462 e. The Morgan fingerprint density at radius 3 is 2.62 bits per heavy atom. The maximum Gasteiger partial charge on any atom is 0.343 e. The molecule has 0 aromatic carbocycles. The van der Waals surface area contributed by atoms with E-state index in [1.54, 1.807) is 18.5 Å². The second-order valence-electron chi connectivity index (χ2n) is 5.96. The van der Waals surface area contributed by atoms with E-state index in [-0.39, 0.29) is 17.2 Å².